The Hall–Kier alpha value is -1.97. The van der Waals surface area contributed by atoms with Crippen LogP contribution < -0.4 is 0 Å². The van der Waals surface area contributed by atoms with E-state index in [-0.39, 0.29) is 0 Å². The third-order valence-corrected chi connectivity index (χ3v) is 1.97. The summed E-state index contributed by atoms with van der Waals surface area (Å²) in [4.78, 5) is 12.6. The van der Waals surface area contributed by atoms with Crippen molar-refractivity contribution in [2.75, 3.05) is 0 Å². The van der Waals surface area contributed by atoms with Crippen molar-refractivity contribution in [1.29, 1.82) is 0 Å². The Morgan fingerprint density at radius 1 is 1.15 bits per heavy atom. The minimum Gasteiger partial charge on any atom is -0.267 e. The molecule has 3 aromatic rings. The molecule has 0 amide bonds. The molecule has 3 heterocycles. The Labute approximate surface area is 73.9 Å². The summed E-state index contributed by atoms with van der Waals surface area (Å²) >= 11 is 0. The zero-order valence-corrected chi connectivity index (χ0v) is 6.75. The molecule has 0 aromatic carbocycles. The Morgan fingerprint density at radius 2 is 2.15 bits per heavy atom. The first-order chi connectivity index (χ1) is 6.45. The fourth-order valence-corrected chi connectivity index (χ4v) is 1.39. The summed E-state index contributed by atoms with van der Waals surface area (Å²) in [6.07, 6.45) is 5.20. The molecule has 0 fully saturated rings. The van der Waals surface area contributed by atoms with Crippen molar-refractivity contribution in [3.05, 3.63) is 36.9 Å². The van der Waals surface area contributed by atoms with Gasteiger partial charge in [-0.05, 0) is 18.2 Å². The van der Waals surface area contributed by atoms with Crippen LogP contribution in [-0.2, 0) is 0 Å². The summed E-state index contributed by atoms with van der Waals surface area (Å²) in [5.74, 6) is 0. The van der Waals surface area contributed by atoms with E-state index in [4.69, 9.17) is 0 Å². The van der Waals surface area contributed by atoms with Gasteiger partial charge in [0.25, 0.3) is 0 Å². The summed E-state index contributed by atoms with van der Waals surface area (Å²) in [6.45, 7) is 0. The van der Waals surface area contributed by atoms with Gasteiger partial charge in [-0.3, -0.25) is 4.40 Å². The highest BCUT2D eigenvalue weighted by molar-refractivity contribution is 5.75. The van der Waals surface area contributed by atoms with Gasteiger partial charge in [0.15, 0.2) is 5.65 Å². The van der Waals surface area contributed by atoms with Crippen LogP contribution in [0.25, 0.3) is 16.8 Å². The largest absolute Gasteiger partial charge is 0.267 e. The standard InChI is InChI=1S/C9H6N4/c1-2-7-9(11-4-1)13-6-10-5-3-8(13)12-7/h1-6H. The lowest BCUT2D eigenvalue weighted by atomic mass is 10.4. The fourth-order valence-electron chi connectivity index (χ4n) is 1.39. The molecule has 0 aliphatic heterocycles. The van der Waals surface area contributed by atoms with Gasteiger partial charge in [0.1, 0.15) is 17.5 Å². The van der Waals surface area contributed by atoms with E-state index in [0.29, 0.717) is 0 Å². The van der Waals surface area contributed by atoms with Gasteiger partial charge in [0, 0.05) is 12.4 Å². The number of pyridine rings is 1. The van der Waals surface area contributed by atoms with Crippen molar-refractivity contribution in [3.8, 4) is 0 Å². The van der Waals surface area contributed by atoms with Crippen LogP contribution in [0.1, 0.15) is 0 Å². The van der Waals surface area contributed by atoms with Crippen molar-refractivity contribution in [2.24, 2.45) is 0 Å². The van der Waals surface area contributed by atoms with Crippen LogP contribution in [0.4, 0.5) is 0 Å². The lowest BCUT2D eigenvalue weighted by Gasteiger charge is -1.90. The number of aromatic nitrogens is 4. The zero-order chi connectivity index (χ0) is 8.67. The molecule has 0 saturated carbocycles. The molecule has 4 heteroatoms. The summed E-state index contributed by atoms with van der Waals surface area (Å²) in [5, 5.41) is 0. The first-order valence-corrected chi connectivity index (χ1v) is 3.98. The van der Waals surface area contributed by atoms with Crippen molar-refractivity contribution < 1.29 is 0 Å². The second-order valence-corrected chi connectivity index (χ2v) is 2.77. The van der Waals surface area contributed by atoms with Crippen LogP contribution in [0.15, 0.2) is 36.9 Å². The van der Waals surface area contributed by atoms with Crippen LogP contribution in [0.3, 0.4) is 0 Å². The predicted octanol–water partition coefficient (Wildman–Crippen LogP) is 1.28. The van der Waals surface area contributed by atoms with Crippen molar-refractivity contribution in [2.45, 2.75) is 0 Å². The summed E-state index contributed by atoms with van der Waals surface area (Å²) in [5.41, 5.74) is 2.63. The van der Waals surface area contributed by atoms with E-state index in [1.54, 1.807) is 18.7 Å². The van der Waals surface area contributed by atoms with Crippen LogP contribution in [0, 0.1) is 0 Å². The van der Waals surface area contributed by atoms with E-state index in [9.17, 15) is 0 Å². The summed E-state index contributed by atoms with van der Waals surface area (Å²) < 4.78 is 1.87. The van der Waals surface area contributed by atoms with Crippen LogP contribution in [0.2, 0.25) is 0 Å². The van der Waals surface area contributed by atoms with E-state index in [1.165, 1.54) is 0 Å². The highest BCUT2D eigenvalue weighted by Crippen LogP contribution is 2.11. The Morgan fingerprint density at radius 3 is 3.15 bits per heavy atom. The fraction of sp³-hybridized carbons (Fsp3) is 0. The molecule has 13 heavy (non-hydrogen) atoms. The zero-order valence-electron chi connectivity index (χ0n) is 6.75. The molecular formula is C9H6N4. The van der Waals surface area contributed by atoms with Crippen molar-refractivity contribution in [1.82, 2.24) is 19.4 Å². The van der Waals surface area contributed by atoms with E-state index >= 15 is 0 Å². The topological polar surface area (TPSA) is 43.1 Å². The Kier molecular flexibility index (Phi) is 1.14. The molecule has 0 bridgehead atoms. The van der Waals surface area contributed by atoms with Crippen LogP contribution in [0.5, 0.6) is 0 Å². The average molecular weight is 170 g/mol. The van der Waals surface area contributed by atoms with Gasteiger partial charge in [0.2, 0.25) is 0 Å². The van der Waals surface area contributed by atoms with E-state index in [1.807, 2.05) is 22.6 Å². The van der Waals surface area contributed by atoms with Crippen molar-refractivity contribution >= 4 is 16.8 Å². The average Bonchev–Trinajstić information content (AvgIpc) is 2.56. The summed E-state index contributed by atoms with van der Waals surface area (Å²) in [6, 6.07) is 5.68. The van der Waals surface area contributed by atoms with Gasteiger partial charge in [-0.2, -0.15) is 0 Å². The van der Waals surface area contributed by atoms with Crippen LogP contribution >= 0.6 is 0 Å². The maximum Gasteiger partial charge on any atom is 0.165 e. The number of hydrogen-bond acceptors (Lipinski definition) is 3. The van der Waals surface area contributed by atoms with Gasteiger partial charge in [-0.25, -0.2) is 15.0 Å². The van der Waals surface area contributed by atoms with E-state index in [2.05, 4.69) is 15.0 Å². The number of rotatable bonds is 0. The Bertz CT molecular complexity index is 519. The van der Waals surface area contributed by atoms with Gasteiger partial charge in [-0.1, -0.05) is 0 Å². The number of nitrogens with zero attached hydrogens (tertiary/aromatic N) is 4. The quantitative estimate of drug-likeness (QED) is 0.510. The van der Waals surface area contributed by atoms with Crippen LogP contribution in [-0.4, -0.2) is 19.4 Å². The molecule has 0 unspecified atom stereocenters. The van der Waals surface area contributed by atoms with Gasteiger partial charge >= 0.3 is 0 Å². The Balaban J connectivity index is 2.64. The molecule has 0 aliphatic rings. The number of fused-ring (bicyclic) bond motifs is 3. The first kappa shape index (κ1) is 6.54. The molecule has 62 valence electrons. The van der Waals surface area contributed by atoms with E-state index < -0.39 is 0 Å². The first-order valence-electron chi connectivity index (χ1n) is 3.98. The van der Waals surface area contributed by atoms with Gasteiger partial charge in [-0.15, -0.1) is 0 Å². The van der Waals surface area contributed by atoms with Crippen molar-refractivity contribution in [3.63, 3.8) is 0 Å². The van der Waals surface area contributed by atoms with Gasteiger partial charge < -0.3 is 0 Å². The number of hydrogen-bond donors (Lipinski definition) is 0. The molecule has 3 rings (SSSR count). The molecule has 0 spiro atoms. The second-order valence-electron chi connectivity index (χ2n) is 2.77. The molecule has 0 atom stereocenters. The molecular weight excluding hydrogens is 164 g/mol. The molecule has 0 saturated heterocycles. The second kappa shape index (κ2) is 2.26. The minimum absolute atomic E-state index is 0.852. The monoisotopic (exact) mass is 170 g/mol. The smallest absolute Gasteiger partial charge is 0.165 e. The molecule has 0 aliphatic carbocycles. The highest BCUT2D eigenvalue weighted by Gasteiger charge is 2.02. The molecule has 0 radical (unpaired) electrons. The SMILES string of the molecule is c1cnc2c(c1)nc1ccncn12. The lowest BCUT2D eigenvalue weighted by molar-refractivity contribution is 1.09. The predicted molar refractivity (Wildman–Crippen MR) is 48.3 cm³/mol. The highest BCUT2D eigenvalue weighted by atomic mass is 15.1. The third kappa shape index (κ3) is 0.823. The maximum absolute atomic E-state index is 4.38. The normalized spacial score (nSPS) is 11.1. The molecule has 0 N–H and O–H groups in total. The van der Waals surface area contributed by atoms with Gasteiger partial charge in [0.05, 0.1) is 0 Å². The molecule has 3 aromatic heterocycles. The molecule has 4 nitrogen and oxygen atoms in total. The minimum atomic E-state index is 0.852. The van der Waals surface area contributed by atoms with E-state index in [0.717, 1.165) is 16.8 Å². The third-order valence-electron chi connectivity index (χ3n) is 1.97. The maximum atomic E-state index is 4.38. The summed E-state index contributed by atoms with van der Waals surface area (Å²) in [7, 11) is 0. The lowest BCUT2D eigenvalue weighted by Crippen LogP contribution is -1.86. The number of imidazole rings is 1.